The zero-order valence-electron chi connectivity index (χ0n) is 9.81. The van der Waals surface area contributed by atoms with Crippen LogP contribution in [0.15, 0.2) is 42.5 Å². The quantitative estimate of drug-likeness (QED) is 0.848. The molecule has 1 amide bonds. The van der Waals surface area contributed by atoms with E-state index in [0.29, 0.717) is 6.42 Å². The number of hydrogen-bond donors (Lipinski definition) is 2. The molecule has 0 saturated heterocycles. The molecule has 2 rings (SSSR count). The first-order chi connectivity index (χ1) is 8.22. The van der Waals surface area contributed by atoms with E-state index in [0.717, 1.165) is 16.5 Å². The third-order valence-corrected chi connectivity index (χ3v) is 2.82. The Morgan fingerprint density at radius 3 is 2.71 bits per heavy atom. The third kappa shape index (κ3) is 2.45. The second-order valence-corrected chi connectivity index (χ2v) is 4.03. The normalized spacial score (nSPS) is 12.4. The molecule has 0 fully saturated rings. The van der Waals surface area contributed by atoms with Crippen molar-refractivity contribution in [3.63, 3.8) is 0 Å². The molecule has 0 aromatic heterocycles. The minimum Gasteiger partial charge on any atom is -0.324 e. The summed E-state index contributed by atoms with van der Waals surface area (Å²) in [6.45, 7) is 1.90. The van der Waals surface area contributed by atoms with Gasteiger partial charge in [-0.1, -0.05) is 43.3 Å². The minimum atomic E-state index is -0.450. The molecule has 0 aliphatic carbocycles. The van der Waals surface area contributed by atoms with Crippen molar-refractivity contribution in [3.8, 4) is 0 Å². The number of hydrogen-bond acceptors (Lipinski definition) is 2. The Balaban J connectivity index is 2.33. The summed E-state index contributed by atoms with van der Waals surface area (Å²) in [4.78, 5) is 11.8. The van der Waals surface area contributed by atoms with Crippen molar-refractivity contribution in [2.75, 3.05) is 5.32 Å². The van der Waals surface area contributed by atoms with Gasteiger partial charge in [-0.3, -0.25) is 4.79 Å². The standard InChI is InChI=1S/C14H16N2O/c1-2-12(15)14(17)16-13-9-5-7-10-6-3-4-8-11(10)13/h3-9,12H,2,15H2,1H3,(H,16,17)/t12-/m0/s1. The molecule has 3 N–H and O–H groups in total. The van der Waals surface area contributed by atoms with E-state index in [1.165, 1.54) is 0 Å². The van der Waals surface area contributed by atoms with Crippen LogP contribution in [0.5, 0.6) is 0 Å². The van der Waals surface area contributed by atoms with Crippen LogP contribution < -0.4 is 11.1 Å². The van der Waals surface area contributed by atoms with Crippen LogP contribution >= 0.6 is 0 Å². The molecular formula is C14H16N2O. The van der Waals surface area contributed by atoms with Crippen molar-refractivity contribution < 1.29 is 4.79 Å². The number of rotatable bonds is 3. The number of fused-ring (bicyclic) bond motifs is 1. The van der Waals surface area contributed by atoms with Gasteiger partial charge in [0.15, 0.2) is 0 Å². The highest BCUT2D eigenvalue weighted by molar-refractivity contribution is 6.03. The maximum atomic E-state index is 11.8. The molecule has 3 heteroatoms. The van der Waals surface area contributed by atoms with Crippen LogP contribution in [0.25, 0.3) is 10.8 Å². The van der Waals surface area contributed by atoms with Crippen LogP contribution in [0, 0.1) is 0 Å². The topological polar surface area (TPSA) is 55.1 Å². The van der Waals surface area contributed by atoms with Gasteiger partial charge in [0, 0.05) is 11.1 Å². The molecule has 1 atom stereocenters. The van der Waals surface area contributed by atoms with Crippen molar-refractivity contribution in [2.24, 2.45) is 5.73 Å². The summed E-state index contributed by atoms with van der Waals surface area (Å²) < 4.78 is 0. The number of nitrogens with two attached hydrogens (primary N) is 1. The molecule has 0 radical (unpaired) electrons. The van der Waals surface area contributed by atoms with Gasteiger partial charge in [-0.15, -0.1) is 0 Å². The molecular weight excluding hydrogens is 212 g/mol. The number of nitrogens with one attached hydrogen (secondary N) is 1. The van der Waals surface area contributed by atoms with Crippen molar-refractivity contribution in [3.05, 3.63) is 42.5 Å². The summed E-state index contributed by atoms with van der Waals surface area (Å²) in [6.07, 6.45) is 0.636. The van der Waals surface area contributed by atoms with Crippen LogP contribution in [0.4, 0.5) is 5.69 Å². The largest absolute Gasteiger partial charge is 0.324 e. The average molecular weight is 228 g/mol. The number of benzene rings is 2. The summed E-state index contributed by atoms with van der Waals surface area (Å²) in [5.41, 5.74) is 6.51. The fraction of sp³-hybridized carbons (Fsp3) is 0.214. The van der Waals surface area contributed by atoms with E-state index in [1.54, 1.807) is 0 Å². The highest BCUT2D eigenvalue weighted by Crippen LogP contribution is 2.22. The van der Waals surface area contributed by atoms with Crippen LogP contribution in [-0.4, -0.2) is 11.9 Å². The highest BCUT2D eigenvalue weighted by Gasteiger charge is 2.11. The van der Waals surface area contributed by atoms with Crippen molar-refractivity contribution in [1.29, 1.82) is 0 Å². The Labute approximate surface area is 101 Å². The molecule has 2 aromatic rings. The molecule has 0 aliphatic heterocycles. The molecule has 88 valence electrons. The molecule has 0 heterocycles. The second-order valence-electron chi connectivity index (χ2n) is 4.03. The first-order valence-electron chi connectivity index (χ1n) is 5.76. The van der Waals surface area contributed by atoms with Crippen LogP contribution in [0.3, 0.4) is 0 Å². The van der Waals surface area contributed by atoms with E-state index < -0.39 is 6.04 Å². The third-order valence-electron chi connectivity index (χ3n) is 2.82. The van der Waals surface area contributed by atoms with E-state index in [1.807, 2.05) is 49.4 Å². The van der Waals surface area contributed by atoms with Gasteiger partial charge >= 0.3 is 0 Å². The summed E-state index contributed by atoms with van der Waals surface area (Å²) in [5, 5.41) is 5.01. The van der Waals surface area contributed by atoms with Gasteiger partial charge in [0.1, 0.15) is 0 Å². The van der Waals surface area contributed by atoms with E-state index in [-0.39, 0.29) is 5.91 Å². The maximum absolute atomic E-state index is 11.8. The first kappa shape index (κ1) is 11.6. The van der Waals surface area contributed by atoms with Crippen molar-refractivity contribution in [2.45, 2.75) is 19.4 Å². The lowest BCUT2D eigenvalue weighted by Gasteiger charge is -2.12. The molecule has 0 bridgehead atoms. The number of amides is 1. The van der Waals surface area contributed by atoms with Gasteiger partial charge in [0.25, 0.3) is 0 Å². The number of carbonyl (C=O) groups is 1. The molecule has 2 aromatic carbocycles. The van der Waals surface area contributed by atoms with Crippen LogP contribution in [0.1, 0.15) is 13.3 Å². The Morgan fingerprint density at radius 1 is 1.24 bits per heavy atom. The monoisotopic (exact) mass is 228 g/mol. The fourth-order valence-corrected chi connectivity index (χ4v) is 1.75. The van der Waals surface area contributed by atoms with Crippen LogP contribution in [-0.2, 0) is 4.79 Å². The number of anilines is 1. The highest BCUT2D eigenvalue weighted by atomic mass is 16.2. The SMILES string of the molecule is CC[C@H](N)C(=O)Nc1cccc2ccccc12. The van der Waals surface area contributed by atoms with Gasteiger partial charge in [0.05, 0.1) is 6.04 Å². The van der Waals surface area contributed by atoms with Crippen molar-refractivity contribution in [1.82, 2.24) is 0 Å². The fourth-order valence-electron chi connectivity index (χ4n) is 1.75. The molecule has 0 aliphatic rings. The first-order valence-corrected chi connectivity index (χ1v) is 5.76. The molecule has 0 spiro atoms. The molecule has 17 heavy (non-hydrogen) atoms. The van der Waals surface area contributed by atoms with Gasteiger partial charge < -0.3 is 11.1 Å². The molecule has 0 saturated carbocycles. The second kappa shape index (κ2) is 4.97. The van der Waals surface area contributed by atoms with E-state index >= 15 is 0 Å². The summed E-state index contributed by atoms with van der Waals surface area (Å²) in [5.74, 6) is -0.135. The zero-order chi connectivity index (χ0) is 12.3. The summed E-state index contributed by atoms with van der Waals surface area (Å²) >= 11 is 0. The Bertz CT molecular complexity index is 531. The van der Waals surface area contributed by atoms with E-state index in [2.05, 4.69) is 5.32 Å². The van der Waals surface area contributed by atoms with Gasteiger partial charge in [-0.05, 0) is 17.9 Å². The lowest BCUT2D eigenvalue weighted by atomic mass is 10.1. The Morgan fingerprint density at radius 2 is 1.94 bits per heavy atom. The molecule has 3 nitrogen and oxygen atoms in total. The Hall–Kier alpha value is -1.87. The van der Waals surface area contributed by atoms with Crippen molar-refractivity contribution >= 4 is 22.4 Å². The van der Waals surface area contributed by atoms with Crippen LogP contribution in [0.2, 0.25) is 0 Å². The van der Waals surface area contributed by atoms with Gasteiger partial charge in [-0.2, -0.15) is 0 Å². The summed E-state index contributed by atoms with van der Waals surface area (Å²) in [7, 11) is 0. The minimum absolute atomic E-state index is 0.135. The predicted molar refractivity (Wildman–Crippen MR) is 70.8 cm³/mol. The van der Waals surface area contributed by atoms with E-state index in [9.17, 15) is 4.79 Å². The smallest absolute Gasteiger partial charge is 0.241 e. The number of carbonyl (C=O) groups excluding carboxylic acids is 1. The summed E-state index contributed by atoms with van der Waals surface area (Å²) in [6, 6.07) is 13.3. The zero-order valence-corrected chi connectivity index (χ0v) is 9.81. The lowest BCUT2D eigenvalue weighted by Crippen LogP contribution is -2.34. The van der Waals surface area contributed by atoms with Gasteiger partial charge in [0.2, 0.25) is 5.91 Å². The predicted octanol–water partition coefficient (Wildman–Crippen LogP) is 2.52. The van der Waals surface area contributed by atoms with E-state index in [4.69, 9.17) is 5.73 Å². The average Bonchev–Trinajstić information content (AvgIpc) is 2.38. The Kier molecular flexibility index (Phi) is 3.40. The lowest BCUT2D eigenvalue weighted by molar-refractivity contribution is -0.117. The molecule has 0 unspecified atom stereocenters. The van der Waals surface area contributed by atoms with Gasteiger partial charge in [-0.25, -0.2) is 0 Å². The maximum Gasteiger partial charge on any atom is 0.241 e.